The van der Waals surface area contributed by atoms with Gasteiger partial charge in [-0.15, -0.1) is 0 Å². The molecular formula is C28H33NO2. The minimum absolute atomic E-state index is 0.0909. The Kier molecular flexibility index (Phi) is 6.26. The van der Waals surface area contributed by atoms with Crippen molar-refractivity contribution in [1.29, 1.82) is 0 Å². The van der Waals surface area contributed by atoms with E-state index in [2.05, 4.69) is 59.0 Å². The third kappa shape index (κ3) is 5.35. The summed E-state index contributed by atoms with van der Waals surface area (Å²) in [6.45, 7) is 13.2. The monoisotopic (exact) mass is 415 g/mol. The van der Waals surface area contributed by atoms with E-state index in [0.29, 0.717) is 17.9 Å². The third-order valence-corrected chi connectivity index (χ3v) is 5.50. The Morgan fingerprint density at radius 3 is 1.77 bits per heavy atom. The zero-order valence-corrected chi connectivity index (χ0v) is 19.4. The first-order valence-electron chi connectivity index (χ1n) is 10.8. The summed E-state index contributed by atoms with van der Waals surface area (Å²) in [7, 11) is 0. The Hall–Kier alpha value is -3.07. The van der Waals surface area contributed by atoms with E-state index in [1.165, 1.54) is 0 Å². The van der Waals surface area contributed by atoms with Crippen molar-refractivity contribution in [2.24, 2.45) is 0 Å². The number of carbonyl (C=O) groups excluding carboxylic acids is 1. The Morgan fingerprint density at radius 2 is 1.29 bits per heavy atom. The number of phenolic OH excluding ortho intramolecular Hbond substituents is 1. The molecule has 0 saturated heterocycles. The van der Waals surface area contributed by atoms with E-state index in [1.807, 2.05) is 54.6 Å². The summed E-state index contributed by atoms with van der Waals surface area (Å²) >= 11 is 0. The topological polar surface area (TPSA) is 49.3 Å². The van der Waals surface area contributed by atoms with Crippen LogP contribution in [-0.4, -0.2) is 11.0 Å². The zero-order chi connectivity index (χ0) is 22.8. The highest BCUT2D eigenvalue weighted by Crippen LogP contribution is 2.41. The molecule has 0 radical (unpaired) electrons. The lowest BCUT2D eigenvalue weighted by Gasteiger charge is -2.28. The van der Waals surface area contributed by atoms with E-state index in [0.717, 1.165) is 27.8 Å². The lowest BCUT2D eigenvalue weighted by atomic mass is 9.77. The van der Waals surface area contributed by atoms with Crippen LogP contribution in [0.1, 0.15) is 68.6 Å². The van der Waals surface area contributed by atoms with Crippen molar-refractivity contribution in [2.45, 2.75) is 58.9 Å². The average Bonchev–Trinajstić information content (AvgIpc) is 2.71. The SMILES string of the molecule is CC(C)(C)c1cc(-c2ccc(C(=O)NCc3ccccc3)cc2)cc(C(C)(C)C)c1O. The van der Waals surface area contributed by atoms with E-state index < -0.39 is 0 Å². The number of phenols is 1. The summed E-state index contributed by atoms with van der Waals surface area (Å²) < 4.78 is 0. The molecule has 0 unspecified atom stereocenters. The summed E-state index contributed by atoms with van der Waals surface area (Å²) in [5, 5.41) is 13.9. The smallest absolute Gasteiger partial charge is 0.251 e. The first-order valence-corrected chi connectivity index (χ1v) is 10.8. The Balaban J connectivity index is 1.89. The molecule has 0 fully saturated rings. The van der Waals surface area contributed by atoms with Crippen molar-refractivity contribution in [3.63, 3.8) is 0 Å². The Bertz CT molecular complexity index is 1020. The zero-order valence-electron chi connectivity index (χ0n) is 19.4. The van der Waals surface area contributed by atoms with E-state index in [4.69, 9.17) is 0 Å². The normalized spacial score (nSPS) is 11.9. The highest BCUT2D eigenvalue weighted by Gasteiger charge is 2.26. The summed E-state index contributed by atoms with van der Waals surface area (Å²) in [6.07, 6.45) is 0. The van der Waals surface area contributed by atoms with E-state index in [-0.39, 0.29) is 16.7 Å². The lowest BCUT2D eigenvalue weighted by molar-refractivity contribution is 0.0951. The first-order chi connectivity index (χ1) is 14.5. The Morgan fingerprint density at radius 1 is 0.774 bits per heavy atom. The molecule has 3 aromatic rings. The minimum atomic E-state index is -0.183. The molecule has 0 atom stereocenters. The third-order valence-electron chi connectivity index (χ3n) is 5.50. The van der Waals surface area contributed by atoms with Gasteiger partial charge in [0.25, 0.3) is 5.91 Å². The first kappa shape index (κ1) is 22.6. The predicted octanol–water partition coefficient (Wildman–Crippen LogP) is 6.58. The van der Waals surface area contributed by atoms with Gasteiger partial charge in [-0.3, -0.25) is 4.79 Å². The van der Waals surface area contributed by atoms with Gasteiger partial charge in [0.05, 0.1) is 0 Å². The molecule has 3 heteroatoms. The number of rotatable bonds is 4. The van der Waals surface area contributed by atoms with Crippen molar-refractivity contribution < 1.29 is 9.90 Å². The molecule has 31 heavy (non-hydrogen) atoms. The van der Waals surface area contributed by atoms with Crippen LogP contribution >= 0.6 is 0 Å². The minimum Gasteiger partial charge on any atom is -0.507 e. The van der Waals surface area contributed by atoms with Crippen LogP contribution < -0.4 is 5.32 Å². The number of hydrogen-bond acceptors (Lipinski definition) is 2. The number of carbonyl (C=O) groups is 1. The molecule has 0 aliphatic carbocycles. The average molecular weight is 416 g/mol. The Labute approximate surface area is 186 Å². The molecule has 0 spiro atoms. The van der Waals surface area contributed by atoms with Gasteiger partial charge in [-0.05, 0) is 51.8 Å². The standard InChI is InChI=1S/C28H33NO2/c1-27(2,3)23-16-22(17-24(25(23)30)28(4,5)6)20-12-14-21(15-13-20)26(31)29-18-19-10-8-7-9-11-19/h7-17,30H,18H2,1-6H3,(H,29,31). The predicted molar refractivity (Wildman–Crippen MR) is 129 cm³/mol. The van der Waals surface area contributed by atoms with Crippen LogP contribution in [-0.2, 0) is 17.4 Å². The van der Waals surface area contributed by atoms with Crippen LogP contribution in [0.2, 0.25) is 0 Å². The summed E-state index contributed by atoms with van der Waals surface area (Å²) in [5.41, 5.74) is 5.26. The summed E-state index contributed by atoms with van der Waals surface area (Å²) in [6, 6.07) is 21.7. The molecule has 1 amide bonds. The van der Waals surface area contributed by atoms with Crippen LogP contribution in [0.3, 0.4) is 0 Å². The number of benzene rings is 3. The van der Waals surface area contributed by atoms with E-state index in [1.54, 1.807) is 0 Å². The maximum absolute atomic E-state index is 12.5. The molecule has 0 bridgehead atoms. The van der Waals surface area contributed by atoms with E-state index >= 15 is 0 Å². The lowest BCUT2D eigenvalue weighted by Crippen LogP contribution is -2.22. The fraction of sp³-hybridized carbons (Fsp3) is 0.321. The highest BCUT2D eigenvalue weighted by atomic mass is 16.3. The number of nitrogens with one attached hydrogen (secondary N) is 1. The van der Waals surface area contributed by atoms with Gasteiger partial charge in [-0.25, -0.2) is 0 Å². The van der Waals surface area contributed by atoms with Gasteiger partial charge in [0.1, 0.15) is 5.75 Å². The second kappa shape index (κ2) is 8.58. The number of amides is 1. The second-order valence-corrected chi connectivity index (χ2v) is 10.2. The van der Waals surface area contributed by atoms with Crippen molar-refractivity contribution in [2.75, 3.05) is 0 Å². The van der Waals surface area contributed by atoms with Gasteiger partial charge >= 0.3 is 0 Å². The quantitative estimate of drug-likeness (QED) is 0.505. The van der Waals surface area contributed by atoms with Crippen molar-refractivity contribution >= 4 is 5.91 Å². The highest BCUT2D eigenvalue weighted by molar-refractivity contribution is 5.94. The molecule has 0 saturated carbocycles. The van der Waals surface area contributed by atoms with Crippen molar-refractivity contribution in [3.8, 4) is 16.9 Å². The summed E-state index contributed by atoms with van der Waals surface area (Å²) in [5.74, 6) is 0.285. The van der Waals surface area contributed by atoms with Crippen LogP contribution in [0, 0.1) is 0 Å². The molecule has 3 rings (SSSR count). The molecule has 3 nitrogen and oxygen atoms in total. The molecule has 0 heterocycles. The van der Waals surface area contributed by atoms with Crippen LogP contribution in [0.4, 0.5) is 0 Å². The van der Waals surface area contributed by atoms with Crippen molar-refractivity contribution in [3.05, 3.63) is 89.0 Å². The maximum Gasteiger partial charge on any atom is 0.251 e. The molecule has 0 aliphatic rings. The maximum atomic E-state index is 12.5. The second-order valence-electron chi connectivity index (χ2n) is 10.2. The van der Waals surface area contributed by atoms with Gasteiger partial charge < -0.3 is 10.4 Å². The van der Waals surface area contributed by atoms with Gasteiger partial charge in [-0.2, -0.15) is 0 Å². The van der Waals surface area contributed by atoms with Gasteiger partial charge in [0.15, 0.2) is 0 Å². The molecule has 2 N–H and O–H groups in total. The molecule has 3 aromatic carbocycles. The van der Waals surface area contributed by atoms with Crippen LogP contribution in [0.5, 0.6) is 5.75 Å². The molecule has 0 aliphatic heterocycles. The van der Waals surface area contributed by atoms with Gasteiger partial charge in [0, 0.05) is 23.2 Å². The van der Waals surface area contributed by atoms with Gasteiger partial charge in [-0.1, -0.05) is 84.0 Å². The van der Waals surface area contributed by atoms with E-state index in [9.17, 15) is 9.90 Å². The summed E-state index contributed by atoms with van der Waals surface area (Å²) in [4.78, 5) is 12.5. The number of hydrogen-bond donors (Lipinski definition) is 2. The molecular weight excluding hydrogens is 382 g/mol. The van der Waals surface area contributed by atoms with Crippen molar-refractivity contribution in [1.82, 2.24) is 5.32 Å². The van der Waals surface area contributed by atoms with Gasteiger partial charge in [0.2, 0.25) is 0 Å². The van der Waals surface area contributed by atoms with Crippen LogP contribution in [0.25, 0.3) is 11.1 Å². The van der Waals surface area contributed by atoms with Crippen LogP contribution in [0.15, 0.2) is 66.7 Å². The fourth-order valence-corrected chi connectivity index (χ4v) is 3.64. The molecule has 0 aromatic heterocycles. The molecule has 162 valence electrons. The largest absolute Gasteiger partial charge is 0.507 e. The fourth-order valence-electron chi connectivity index (χ4n) is 3.64. The number of aromatic hydroxyl groups is 1.